The lowest BCUT2D eigenvalue weighted by molar-refractivity contribution is -0.118. The standard InChI is InChI=1S/C12H14ClN3O4/c1-6(2-10(14)17)15-12(20)16-9-4-7(11(18)19)3-8(13)5-9/h3-6H,2H2,1H3,(H2,14,17)(H,18,19)(H2,15,16,20). The average Bonchev–Trinajstić information content (AvgIpc) is 2.25. The molecule has 0 aliphatic heterocycles. The highest BCUT2D eigenvalue weighted by Crippen LogP contribution is 2.19. The number of anilines is 1. The number of amides is 3. The van der Waals surface area contributed by atoms with Crippen LogP contribution in [0.15, 0.2) is 18.2 Å². The van der Waals surface area contributed by atoms with E-state index in [2.05, 4.69) is 10.6 Å². The van der Waals surface area contributed by atoms with E-state index in [-0.39, 0.29) is 22.7 Å². The van der Waals surface area contributed by atoms with Crippen LogP contribution in [0, 0.1) is 0 Å². The van der Waals surface area contributed by atoms with Crippen LogP contribution in [0.5, 0.6) is 0 Å². The van der Waals surface area contributed by atoms with Gasteiger partial charge in [0.1, 0.15) is 0 Å². The maximum absolute atomic E-state index is 11.6. The summed E-state index contributed by atoms with van der Waals surface area (Å²) in [5, 5.41) is 14.0. The Labute approximate surface area is 120 Å². The minimum atomic E-state index is -1.15. The molecule has 0 spiro atoms. The molecule has 20 heavy (non-hydrogen) atoms. The maximum atomic E-state index is 11.6. The molecule has 0 radical (unpaired) electrons. The summed E-state index contributed by atoms with van der Waals surface area (Å²) in [5.74, 6) is -1.69. The quantitative estimate of drug-likeness (QED) is 0.657. The summed E-state index contributed by atoms with van der Waals surface area (Å²) in [6.45, 7) is 1.62. The van der Waals surface area contributed by atoms with Crippen molar-refractivity contribution in [2.24, 2.45) is 5.73 Å². The summed E-state index contributed by atoms with van der Waals surface area (Å²) in [4.78, 5) is 33.2. The number of halogens is 1. The molecule has 1 rings (SSSR count). The molecule has 1 unspecified atom stereocenters. The van der Waals surface area contributed by atoms with Gasteiger partial charge in [0.2, 0.25) is 5.91 Å². The number of carbonyl (C=O) groups is 3. The molecule has 0 aliphatic rings. The first-order valence-electron chi connectivity index (χ1n) is 5.67. The summed E-state index contributed by atoms with van der Waals surface area (Å²) >= 11 is 5.76. The topological polar surface area (TPSA) is 122 Å². The van der Waals surface area contributed by atoms with Gasteiger partial charge in [-0.1, -0.05) is 11.6 Å². The number of carbonyl (C=O) groups excluding carboxylic acids is 2. The Bertz CT molecular complexity index is 548. The van der Waals surface area contributed by atoms with E-state index in [0.717, 1.165) is 0 Å². The fourth-order valence-corrected chi connectivity index (χ4v) is 1.76. The molecular weight excluding hydrogens is 286 g/mol. The van der Waals surface area contributed by atoms with Crippen LogP contribution in [-0.4, -0.2) is 29.1 Å². The van der Waals surface area contributed by atoms with Gasteiger partial charge in [0.25, 0.3) is 0 Å². The van der Waals surface area contributed by atoms with E-state index in [4.69, 9.17) is 22.4 Å². The molecule has 0 bridgehead atoms. The Morgan fingerprint density at radius 2 is 2.00 bits per heavy atom. The second-order valence-corrected chi connectivity index (χ2v) is 4.64. The van der Waals surface area contributed by atoms with Crippen molar-refractivity contribution in [3.8, 4) is 0 Å². The van der Waals surface area contributed by atoms with Crippen molar-refractivity contribution in [3.63, 3.8) is 0 Å². The van der Waals surface area contributed by atoms with Crippen LogP contribution >= 0.6 is 11.6 Å². The van der Waals surface area contributed by atoms with Crippen LogP contribution in [-0.2, 0) is 4.79 Å². The fraction of sp³-hybridized carbons (Fsp3) is 0.250. The number of nitrogens with two attached hydrogens (primary N) is 1. The number of benzene rings is 1. The number of aromatic carboxylic acids is 1. The van der Waals surface area contributed by atoms with E-state index in [1.807, 2.05) is 0 Å². The minimum absolute atomic E-state index is 0.00332. The molecule has 7 nitrogen and oxygen atoms in total. The van der Waals surface area contributed by atoms with Crippen LogP contribution < -0.4 is 16.4 Å². The van der Waals surface area contributed by atoms with E-state index in [9.17, 15) is 14.4 Å². The molecule has 3 amide bonds. The highest BCUT2D eigenvalue weighted by Gasteiger charge is 2.11. The van der Waals surface area contributed by atoms with Gasteiger partial charge in [-0.15, -0.1) is 0 Å². The van der Waals surface area contributed by atoms with E-state index in [1.54, 1.807) is 6.92 Å². The second kappa shape index (κ2) is 6.76. The molecule has 108 valence electrons. The van der Waals surface area contributed by atoms with Crippen LogP contribution in [0.1, 0.15) is 23.7 Å². The maximum Gasteiger partial charge on any atom is 0.335 e. The lowest BCUT2D eigenvalue weighted by atomic mass is 10.2. The predicted molar refractivity (Wildman–Crippen MR) is 73.8 cm³/mol. The first-order valence-corrected chi connectivity index (χ1v) is 6.05. The molecule has 0 aromatic heterocycles. The van der Waals surface area contributed by atoms with Gasteiger partial charge in [0, 0.05) is 23.2 Å². The zero-order valence-electron chi connectivity index (χ0n) is 10.6. The van der Waals surface area contributed by atoms with E-state index in [1.165, 1.54) is 18.2 Å². The van der Waals surface area contributed by atoms with Crippen LogP contribution in [0.3, 0.4) is 0 Å². The second-order valence-electron chi connectivity index (χ2n) is 4.20. The summed E-state index contributed by atoms with van der Waals surface area (Å²) in [6.07, 6.45) is 0.00332. The van der Waals surface area contributed by atoms with Crippen LogP contribution in [0.25, 0.3) is 0 Å². The molecule has 0 saturated carbocycles. The molecular formula is C12H14ClN3O4. The monoisotopic (exact) mass is 299 g/mol. The zero-order valence-corrected chi connectivity index (χ0v) is 11.4. The largest absolute Gasteiger partial charge is 0.478 e. The van der Waals surface area contributed by atoms with E-state index in [0.29, 0.717) is 0 Å². The summed E-state index contributed by atoms with van der Waals surface area (Å²) in [7, 11) is 0. The average molecular weight is 300 g/mol. The van der Waals surface area contributed by atoms with Crippen molar-refractivity contribution < 1.29 is 19.5 Å². The minimum Gasteiger partial charge on any atom is -0.478 e. The number of nitrogens with one attached hydrogen (secondary N) is 2. The Hall–Kier alpha value is -2.28. The summed E-state index contributed by atoms with van der Waals surface area (Å²) in [6, 6.07) is 2.92. The molecule has 0 saturated heterocycles. The van der Waals surface area contributed by atoms with Crippen molar-refractivity contribution in [3.05, 3.63) is 28.8 Å². The number of carboxylic acid groups (broad SMARTS) is 1. The van der Waals surface area contributed by atoms with Gasteiger partial charge in [-0.25, -0.2) is 9.59 Å². The number of hydrogen-bond donors (Lipinski definition) is 4. The third-order valence-electron chi connectivity index (χ3n) is 2.29. The first-order chi connectivity index (χ1) is 9.27. The lowest BCUT2D eigenvalue weighted by Crippen LogP contribution is -2.38. The zero-order chi connectivity index (χ0) is 15.3. The highest BCUT2D eigenvalue weighted by molar-refractivity contribution is 6.31. The number of primary amides is 1. The number of urea groups is 1. The molecule has 0 heterocycles. The molecule has 5 N–H and O–H groups in total. The van der Waals surface area contributed by atoms with Crippen molar-refractivity contribution in [2.75, 3.05) is 5.32 Å². The van der Waals surface area contributed by atoms with Crippen molar-refractivity contribution in [1.82, 2.24) is 5.32 Å². The Morgan fingerprint density at radius 3 is 2.55 bits per heavy atom. The lowest BCUT2D eigenvalue weighted by Gasteiger charge is -2.13. The van der Waals surface area contributed by atoms with Gasteiger partial charge in [-0.3, -0.25) is 4.79 Å². The fourth-order valence-electron chi connectivity index (χ4n) is 1.53. The molecule has 1 aromatic rings. The number of rotatable bonds is 5. The Morgan fingerprint density at radius 1 is 1.35 bits per heavy atom. The van der Waals surface area contributed by atoms with Crippen molar-refractivity contribution in [2.45, 2.75) is 19.4 Å². The molecule has 0 fully saturated rings. The first kappa shape index (κ1) is 15.8. The van der Waals surface area contributed by atoms with E-state index < -0.39 is 23.9 Å². The molecule has 1 aromatic carbocycles. The SMILES string of the molecule is CC(CC(N)=O)NC(=O)Nc1cc(Cl)cc(C(=O)O)c1. The van der Waals surface area contributed by atoms with Gasteiger partial charge in [0.05, 0.1) is 5.56 Å². The van der Waals surface area contributed by atoms with Crippen molar-refractivity contribution in [1.29, 1.82) is 0 Å². The number of carboxylic acids is 1. The Kier molecular flexibility index (Phi) is 5.33. The van der Waals surface area contributed by atoms with Crippen LogP contribution in [0.4, 0.5) is 10.5 Å². The van der Waals surface area contributed by atoms with Crippen molar-refractivity contribution >= 4 is 35.2 Å². The van der Waals surface area contributed by atoms with E-state index >= 15 is 0 Å². The number of hydrogen-bond acceptors (Lipinski definition) is 3. The van der Waals surface area contributed by atoms with Crippen LogP contribution in [0.2, 0.25) is 5.02 Å². The van der Waals surface area contributed by atoms with Gasteiger partial charge in [-0.05, 0) is 25.1 Å². The van der Waals surface area contributed by atoms with Gasteiger partial charge < -0.3 is 21.5 Å². The molecule has 8 heteroatoms. The molecule has 1 atom stereocenters. The Balaban J connectivity index is 2.71. The predicted octanol–water partition coefficient (Wildman–Crippen LogP) is 1.42. The van der Waals surface area contributed by atoms with Gasteiger partial charge in [-0.2, -0.15) is 0 Å². The third kappa shape index (κ3) is 5.15. The van der Waals surface area contributed by atoms with Gasteiger partial charge in [0.15, 0.2) is 0 Å². The summed E-state index contributed by atoms with van der Waals surface area (Å²) in [5.41, 5.74) is 5.19. The third-order valence-corrected chi connectivity index (χ3v) is 2.51. The highest BCUT2D eigenvalue weighted by atomic mass is 35.5. The summed E-state index contributed by atoms with van der Waals surface area (Å²) < 4.78 is 0. The molecule has 0 aliphatic carbocycles. The smallest absolute Gasteiger partial charge is 0.335 e. The van der Waals surface area contributed by atoms with Gasteiger partial charge >= 0.3 is 12.0 Å². The normalized spacial score (nSPS) is 11.5.